The fraction of sp³-hybridized carbons (Fsp3) is 0.148. The number of aromatic nitrogens is 1. The predicted octanol–water partition coefficient (Wildman–Crippen LogP) is 4.44. The van der Waals surface area contributed by atoms with E-state index in [9.17, 15) is 9.59 Å². The van der Waals surface area contributed by atoms with Gasteiger partial charge < -0.3 is 10.1 Å². The highest BCUT2D eigenvalue weighted by Gasteiger charge is 2.26. The Kier molecular flexibility index (Phi) is 7.70. The molecule has 5 heteroatoms. The predicted molar refractivity (Wildman–Crippen MR) is 127 cm³/mol. The number of ether oxygens (including phenoxy) is 1. The molecule has 32 heavy (non-hydrogen) atoms. The van der Waals surface area contributed by atoms with Gasteiger partial charge in [-0.1, -0.05) is 55.1 Å². The van der Waals surface area contributed by atoms with E-state index in [0.717, 1.165) is 11.1 Å². The topological polar surface area (TPSA) is 68.3 Å². The van der Waals surface area contributed by atoms with E-state index in [1.54, 1.807) is 31.5 Å². The highest BCUT2D eigenvalue weighted by Crippen LogP contribution is 2.28. The molecule has 0 spiro atoms. The van der Waals surface area contributed by atoms with Crippen molar-refractivity contribution in [1.82, 2.24) is 10.3 Å². The Balaban J connectivity index is 1.89. The number of nitrogens with one attached hydrogen (secondary N) is 1. The zero-order valence-electron chi connectivity index (χ0n) is 18.1. The van der Waals surface area contributed by atoms with Crippen molar-refractivity contribution in [3.05, 3.63) is 115 Å². The molecule has 0 bridgehead atoms. The maximum absolute atomic E-state index is 13.5. The Morgan fingerprint density at radius 1 is 1.09 bits per heavy atom. The molecule has 1 amide bonds. The summed E-state index contributed by atoms with van der Waals surface area (Å²) in [5.74, 6) is -0.0888. The molecule has 0 aliphatic rings. The Hall–Kier alpha value is -3.99. The maximum atomic E-state index is 13.5. The van der Waals surface area contributed by atoms with Gasteiger partial charge in [-0.25, -0.2) is 0 Å². The first-order chi connectivity index (χ1) is 15.5. The number of carbonyl (C=O) groups is 2. The van der Waals surface area contributed by atoms with Crippen molar-refractivity contribution in [1.29, 1.82) is 0 Å². The molecule has 2 aromatic carbocycles. The molecule has 1 heterocycles. The van der Waals surface area contributed by atoms with Crippen LogP contribution in [0.3, 0.4) is 0 Å². The van der Waals surface area contributed by atoms with Gasteiger partial charge in [0.05, 0.1) is 18.7 Å². The van der Waals surface area contributed by atoms with Crippen molar-refractivity contribution >= 4 is 17.3 Å². The summed E-state index contributed by atoms with van der Waals surface area (Å²) in [6.45, 7) is 7.79. The average molecular weight is 427 g/mol. The van der Waals surface area contributed by atoms with Crippen LogP contribution in [0, 0.1) is 0 Å². The largest absolute Gasteiger partial charge is 0.496 e. The normalized spacial score (nSPS) is 11.3. The molecule has 0 radical (unpaired) electrons. The molecule has 1 unspecified atom stereocenters. The van der Waals surface area contributed by atoms with Gasteiger partial charge in [-0.15, -0.1) is 6.58 Å². The van der Waals surface area contributed by atoms with Gasteiger partial charge in [0.25, 0.3) is 5.91 Å². The Morgan fingerprint density at radius 2 is 1.88 bits per heavy atom. The van der Waals surface area contributed by atoms with Crippen LogP contribution in [0.25, 0.3) is 5.57 Å². The minimum absolute atomic E-state index is 0.277. The monoisotopic (exact) mass is 426 g/mol. The number of hydrogen-bond acceptors (Lipinski definition) is 4. The number of Topliss-reactive ketones (excluding diaryl/α,β-unsaturated/α-hetero) is 1. The van der Waals surface area contributed by atoms with Crippen LogP contribution in [0.2, 0.25) is 0 Å². The van der Waals surface area contributed by atoms with Gasteiger partial charge in [-0.05, 0) is 35.7 Å². The number of amides is 1. The van der Waals surface area contributed by atoms with E-state index >= 15 is 0 Å². The summed E-state index contributed by atoms with van der Waals surface area (Å²) in [5, 5.41) is 2.86. The van der Waals surface area contributed by atoms with Crippen LogP contribution in [0.1, 0.15) is 27.0 Å². The first-order valence-corrected chi connectivity index (χ1v) is 10.3. The summed E-state index contributed by atoms with van der Waals surface area (Å²) < 4.78 is 5.51. The molecule has 0 fully saturated rings. The third kappa shape index (κ3) is 5.58. The Morgan fingerprint density at radius 3 is 2.53 bits per heavy atom. The second-order valence-corrected chi connectivity index (χ2v) is 7.33. The van der Waals surface area contributed by atoms with Crippen LogP contribution in [-0.2, 0) is 17.6 Å². The smallest absolute Gasteiger partial charge is 0.253 e. The lowest BCUT2D eigenvalue weighted by molar-refractivity contribution is -0.115. The zero-order valence-corrected chi connectivity index (χ0v) is 18.1. The molecular weight excluding hydrogens is 400 g/mol. The fourth-order valence-electron chi connectivity index (χ4n) is 3.42. The minimum Gasteiger partial charge on any atom is -0.496 e. The zero-order chi connectivity index (χ0) is 22.9. The van der Waals surface area contributed by atoms with E-state index in [1.807, 2.05) is 48.5 Å². The van der Waals surface area contributed by atoms with Crippen LogP contribution in [0.5, 0.6) is 5.75 Å². The van der Waals surface area contributed by atoms with E-state index in [-0.39, 0.29) is 17.3 Å². The number of carbonyl (C=O) groups excluding carboxylic acids is 2. The number of hydrogen-bond donors (Lipinski definition) is 1. The lowest BCUT2D eigenvalue weighted by Crippen LogP contribution is -2.42. The Labute approximate surface area is 188 Å². The standard InChI is InChI=1S/C27H26N2O3/c1-4-9-20-13-14-23(25(17-20)32-3)19(2)26(30)24(16-21-10-6-5-7-11-21)29-27(31)22-12-8-15-28-18-22/h4-8,10-15,17-18,24H,1-2,9,16H2,3H3,(H,29,31). The van der Waals surface area contributed by atoms with Gasteiger partial charge in [0, 0.05) is 30.0 Å². The molecule has 162 valence electrons. The number of rotatable bonds is 10. The van der Waals surface area contributed by atoms with E-state index in [2.05, 4.69) is 23.5 Å². The van der Waals surface area contributed by atoms with Crippen LogP contribution < -0.4 is 10.1 Å². The van der Waals surface area contributed by atoms with E-state index in [0.29, 0.717) is 29.7 Å². The molecule has 0 aliphatic heterocycles. The number of ketones is 1. The quantitative estimate of drug-likeness (QED) is 0.384. The van der Waals surface area contributed by atoms with Crippen LogP contribution in [0.15, 0.2) is 92.3 Å². The molecule has 0 saturated carbocycles. The summed E-state index contributed by atoms with van der Waals surface area (Å²) >= 11 is 0. The molecule has 1 aromatic heterocycles. The van der Waals surface area contributed by atoms with Gasteiger partial charge in [0.15, 0.2) is 5.78 Å². The lowest BCUT2D eigenvalue weighted by Gasteiger charge is -2.20. The van der Waals surface area contributed by atoms with Gasteiger partial charge in [0.2, 0.25) is 0 Å². The Bertz CT molecular complexity index is 1110. The van der Waals surface area contributed by atoms with Gasteiger partial charge >= 0.3 is 0 Å². The molecule has 3 aromatic rings. The van der Waals surface area contributed by atoms with Crippen LogP contribution >= 0.6 is 0 Å². The summed E-state index contributed by atoms with van der Waals surface area (Å²) in [6, 6.07) is 17.7. The average Bonchev–Trinajstić information content (AvgIpc) is 2.84. The second kappa shape index (κ2) is 10.9. The third-order valence-corrected chi connectivity index (χ3v) is 5.10. The van der Waals surface area contributed by atoms with Gasteiger partial charge in [-0.2, -0.15) is 0 Å². The van der Waals surface area contributed by atoms with E-state index in [4.69, 9.17) is 4.74 Å². The summed E-state index contributed by atoms with van der Waals surface area (Å²) in [7, 11) is 1.56. The molecule has 3 rings (SSSR count). The van der Waals surface area contributed by atoms with Crippen LogP contribution in [-0.4, -0.2) is 29.8 Å². The summed E-state index contributed by atoms with van der Waals surface area (Å²) in [5.41, 5.74) is 3.21. The first kappa shape index (κ1) is 22.7. The highest BCUT2D eigenvalue weighted by molar-refractivity contribution is 6.24. The van der Waals surface area contributed by atoms with E-state index < -0.39 is 6.04 Å². The van der Waals surface area contributed by atoms with Crippen molar-refractivity contribution in [2.75, 3.05) is 7.11 Å². The van der Waals surface area contributed by atoms with Gasteiger partial charge in [0.1, 0.15) is 5.75 Å². The maximum Gasteiger partial charge on any atom is 0.253 e. The number of nitrogens with zero attached hydrogens (tertiary/aromatic N) is 1. The number of pyridine rings is 1. The molecule has 0 aliphatic carbocycles. The molecule has 1 N–H and O–H groups in total. The molecule has 0 saturated heterocycles. The van der Waals surface area contributed by atoms with Crippen molar-refractivity contribution in [3.63, 3.8) is 0 Å². The van der Waals surface area contributed by atoms with E-state index in [1.165, 1.54) is 6.20 Å². The van der Waals surface area contributed by atoms with Crippen molar-refractivity contribution in [3.8, 4) is 5.75 Å². The number of benzene rings is 2. The fourth-order valence-corrected chi connectivity index (χ4v) is 3.42. The molecule has 5 nitrogen and oxygen atoms in total. The van der Waals surface area contributed by atoms with Crippen molar-refractivity contribution in [2.45, 2.75) is 18.9 Å². The van der Waals surface area contributed by atoms with Crippen molar-refractivity contribution in [2.24, 2.45) is 0 Å². The highest BCUT2D eigenvalue weighted by atomic mass is 16.5. The lowest BCUT2D eigenvalue weighted by atomic mass is 9.92. The van der Waals surface area contributed by atoms with Crippen molar-refractivity contribution < 1.29 is 14.3 Å². The SMILES string of the molecule is C=CCc1ccc(C(=C)C(=O)C(Cc2ccccc2)NC(=O)c2cccnc2)c(OC)c1. The first-order valence-electron chi connectivity index (χ1n) is 10.3. The third-order valence-electron chi connectivity index (χ3n) is 5.10. The van der Waals surface area contributed by atoms with Crippen LogP contribution in [0.4, 0.5) is 0 Å². The second-order valence-electron chi connectivity index (χ2n) is 7.33. The minimum atomic E-state index is -0.796. The molecular formula is C27H26N2O3. The summed E-state index contributed by atoms with van der Waals surface area (Å²) in [6.07, 6.45) is 5.89. The number of allylic oxidation sites excluding steroid dienone is 1. The molecule has 1 atom stereocenters. The summed E-state index contributed by atoms with van der Waals surface area (Å²) in [4.78, 5) is 30.3. The number of methoxy groups -OCH3 is 1. The van der Waals surface area contributed by atoms with Gasteiger partial charge in [-0.3, -0.25) is 14.6 Å².